The number of rotatable bonds is 1. The maximum atomic E-state index is 10.7. The van der Waals surface area contributed by atoms with Gasteiger partial charge in [0.05, 0.1) is 22.7 Å². The van der Waals surface area contributed by atoms with Crippen LogP contribution >= 0.6 is 0 Å². The standard InChI is InChI=1S/C9H6N2O2/c12-9(13)8-5-10-6-3-1-2-4-7(6)11-8/h1-5H,(H,12,13)/i1D,2D,3D,4D. The lowest BCUT2D eigenvalue weighted by molar-refractivity contribution is 0.0690. The van der Waals surface area contributed by atoms with Crippen LogP contribution in [0.5, 0.6) is 0 Å². The zero-order valence-corrected chi connectivity index (χ0v) is 6.33. The molecule has 0 bridgehead atoms. The second-order valence-electron chi connectivity index (χ2n) is 2.26. The van der Waals surface area contributed by atoms with Crippen LogP contribution in [0.2, 0.25) is 0 Å². The highest BCUT2D eigenvalue weighted by Crippen LogP contribution is 2.07. The van der Waals surface area contributed by atoms with Crippen molar-refractivity contribution < 1.29 is 15.4 Å². The summed E-state index contributed by atoms with van der Waals surface area (Å²) in [6.07, 6.45) is 0.963. The fourth-order valence-electron chi connectivity index (χ4n) is 0.852. The lowest BCUT2D eigenvalue weighted by atomic mass is 10.3. The van der Waals surface area contributed by atoms with E-state index in [-0.39, 0.29) is 22.8 Å². The molecule has 0 saturated carbocycles. The summed E-state index contributed by atoms with van der Waals surface area (Å²) in [5.74, 6) is -1.30. The Labute approximate surface area is 79.5 Å². The van der Waals surface area contributed by atoms with Gasteiger partial charge in [0, 0.05) is 0 Å². The van der Waals surface area contributed by atoms with Gasteiger partial charge in [0.2, 0.25) is 0 Å². The zero-order valence-electron chi connectivity index (χ0n) is 10.3. The first-order valence-electron chi connectivity index (χ1n) is 5.40. The van der Waals surface area contributed by atoms with E-state index in [2.05, 4.69) is 9.97 Å². The van der Waals surface area contributed by atoms with Crippen LogP contribution in [0.15, 0.2) is 30.4 Å². The number of para-hydroxylation sites is 2. The highest BCUT2D eigenvalue weighted by molar-refractivity contribution is 5.87. The Bertz CT molecular complexity index is 645. The Morgan fingerprint density at radius 2 is 2.08 bits per heavy atom. The number of aromatic nitrogens is 2. The van der Waals surface area contributed by atoms with Gasteiger partial charge in [-0.15, -0.1) is 0 Å². The Morgan fingerprint density at radius 3 is 2.77 bits per heavy atom. The molecule has 0 aliphatic rings. The Morgan fingerprint density at radius 1 is 1.38 bits per heavy atom. The van der Waals surface area contributed by atoms with Gasteiger partial charge < -0.3 is 5.11 Å². The lowest BCUT2D eigenvalue weighted by Gasteiger charge is -1.96. The summed E-state index contributed by atoms with van der Waals surface area (Å²) in [7, 11) is 0. The summed E-state index contributed by atoms with van der Waals surface area (Å²) in [5.41, 5.74) is -0.542. The fourth-order valence-corrected chi connectivity index (χ4v) is 0.852. The molecule has 0 fully saturated rings. The van der Waals surface area contributed by atoms with Gasteiger partial charge in [-0.2, -0.15) is 0 Å². The monoisotopic (exact) mass is 178 g/mol. The molecule has 4 nitrogen and oxygen atoms in total. The van der Waals surface area contributed by atoms with E-state index in [1.165, 1.54) is 0 Å². The van der Waals surface area contributed by atoms with Crippen molar-refractivity contribution in [2.45, 2.75) is 0 Å². The molecule has 0 saturated heterocycles. The van der Waals surface area contributed by atoms with Crippen LogP contribution in [0.3, 0.4) is 0 Å². The average molecular weight is 178 g/mol. The van der Waals surface area contributed by atoms with Crippen molar-refractivity contribution in [3.8, 4) is 0 Å². The van der Waals surface area contributed by atoms with Gasteiger partial charge in [-0.1, -0.05) is 12.1 Å². The quantitative estimate of drug-likeness (QED) is 0.715. The second-order valence-corrected chi connectivity index (χ2v) is 2.26. The summed E-state index contributed by atoms with van der Waals surface area (Å²) in [4.78, 5) is 18.1. The third kappa shape index (κ3) is 1.33. The summed E-state index contributed by atoms with van der Waals surface area (Å²) >= 11 is 0. The zero-order chi connectivity index (χ0) is 12.7. The van der Waals surface area contributed by atoms with Crippen molar-refractivity contribution in [3.63, 3.8) is 0 Å². The third-order valence-corrected chi connectivity index (χ3v) is 1.42. The molecule has 4 heteroatoms. The molecule has 13 heavy (non-hydrogen) atoms. The summed E-state index contributed by atoms with van der Waals surface area (Å²) in [6.45, 7) is 0. The van der Waals surface area contributed by atoms with E-state index in [1.54, 1.807) is 0 Å². The van der Waals surface area contributed by atoms with Crippen molar-refractivity contribution >= 4 is 17.0 Å². The van der Waals surface area contributed by atoms with Gasteiger partial charge >= 0.3 is 5.97 Å². The number of aromatic carboxylic acids is 1. The highest BCUT2D eigenvalue weighted by Gasteiger charge is 2.05. The minimum atomic E-state index is -1.30. The van der Waals surface area contributed by atoms with Crippen LogP contribution in [0.1, 0.15) is 16.0 Å². The summed E-state index contributed by atoms with van der Waals surface area (Å²) < 4.78 is 30.0. The minimum Gasteiger partial charge on any atom is -0.476 e. The molecule has 1 aromatic carbocycles. The van der Waals surface area contributed by atoms with Gasteiger partial charge in [-0.25, -0.2) is 9.78 Å². The van der Waals surface area contributed by atoms with E-state index in [0.29, 0.717) is 0 Å². The van der Waals surface area contributed by atoms with Gasteiger partial charge in [0.25, 0.3) is 0 Å². The normalized spacial score (nSPS) is 14.5. The number of hydrogen-bond acceptors (Lipinski definition) is 3. The fraction of sp³-hybridized carbons (Fsp3) is 0. The summed E-state index contributed by atoms with van der Waals surface area (Å²) in [5, 5.41) is 8.73. The number of benzene rings is 1. The molecule has 64 valence electrons. The molecular weight excluding hydrogens is 168 g/mol. The van der Waals surface area contributed by atoms with Gasteiger partial charge in [0.1, 0.15) is 0 Å². The van der Waals surface area contributed by atoms with E-state index in [4.69, 9.17) is 10.6 Å². The number of fused-ring (bicyclic) bond motifs is 1. The number of nitrogens with zero attached hydrogens (tertiary/aromatic N) is 2. The molecule has 2 rings (SSSR count). The van der Waals surface area contributed by atoms with E-state index in [0.717, 1.165) is 6.20 Å². The molecule has 1 aromatic heterocycles. The first-order valence-corrected chi connectivity index (χ1v) is 3.40. The topological polar surface area (TPSA) is 63.1 Å². The van der Waals surface area contributed by atoms with Crippen molar-refractivity contribution in [3.05, 3.63) is 36.1 Å². The van der Waals surface area contributed by atoms with Crippen LogP contribution in [0, 0.1) is 0 Å². The predicted molar refractivity (Wildman–Crippen MR) is 46.5 cm³/mol. The lowest BCUT2D eigenvalue weighted by Crippen LogP contribution is -2.00. The maximum Gasteiger partial charge on any atom is 0.356 e. The first kappa shape index (κ1) is 4.32. The molecule has 1 heterocycles. The van der Waals surface area contributed by atoms with Crippen LogP contribution in [-0.4, -0.2) is 21.0 Å². The molecule has 0 aliphatic carbocycles. The number of hydrogen-bond donors (Lipinski definition) is 1. The number of carboxylic acids is 1. The van der Waals surface area contributed by atoms with E-state index in [9.17, 15) is 4.79 Å². The van der Waals surface area contributed by atoms with E-state index < -0.39 is 24.1 Å². The average Bonchev–Trinajstić information content (AvgIpc) is 2.32. The molecule has 1 N–H and O–H groups in total. The molecule has 0 unspecified atom stereocenters. The van der Waals surface area contributed by atoms with Crippen LogP contribution in [0.25, 0.3) is 11.0 Å². The minimum absolute atomic E-state index is 0.0407. The third-order valence-electron chi connectivity index (χ3n) is 1.42. The summed E-state index contributed by atoms with van der Waals surface area (Å²) in [6, 6.07) is -1.60. The van der Waals surface area contributed by atoms with Crippen LogP contribution in [0.4, 0.5) is 0 Å². The molecule has 0 atom stereocenters. The highest BCUT2D eigenvalue weighted by atomic mass is 16.4. The maximum absolute atomic E-state index is 10.7. The van der Waals surface area contributed by atoms with E-state index in [1.807, 2.05) is 0 Å². The van der Waals surface area contributed by atoms with E-state index >= 15 is 0 Å². The van der Waals surface area contributed by atoms with Crippen molar-refractivity contribution in [1.82, 2.24) is 9.97 Å². The predicted octanol–water partition coefficient (Wildman–Crippen LogP) is 1.33. The second kappa shape index (κ2) is 2.82. The Hall–Kier alpha value is -1.97. The van der Waals surface area contributed by atoms with Crippen molar-refractivity contribution in [2.75, 3.05) is 0 Å². The molecule has 0 aliphatic heterocycles. The van der Waals surface area contributed by atoms with Gasteiger partial charge in [-0.3, -0.25) is 4.98 Å². The SMILES string of the molecule is [2H]c1c([2H])c([2H])c2nc(C(=O)O)cnc2c1[2H]. The Kier molecular flexibility index (Phi) is 0.937. The number of carbonyl (C=O) groups is 1. The molecule has 0 radical (unpaired) electrons. The molecule has 2 aromatic rings. The van der Waals surface area contributed by atoms with Crippen molar-refractivity contribution in [1.29, 1.82) is 0 Å². The van der Waals surface area contributed by atoms with Crippen molar-refractivity contribution in [2.24, 2.45) is 0 Å². The molecule has 0 amide bonds. The van der Waals surface area contributed by atoms with Gasteiger partial charge in [-0.05, 0) is 12.1 Å². The molecular formula is C9H6N2O2. The first-order chi connectivity index (χ1) is 7.93. The van der Waals surface area contributed by atoms with Crippen LogP contribution in [-0.2, 0) is 0 Å². The van der Waals surface area contributed by atoms with Gasteiger partial charge in [0.15, 0.2) is 5.69 Å². The number of carboxylic acid groups (broad SMARTS) is 1. The van der Waals surface area contributed by atoms with Crippen LogP contribution < -0.4 is 0 Å². The Balaban J connectivity index is 2.91. The molecule has 0 spiro atoms. The smallest absolute Gasteiger partial charge is 0.356 e. The largest absolute Gasteiger partial charge is 0.476 e.